The summed E-state index contributed by atoms with van der Waals surface area (Å²) in [6.07, 6.45) is 1.80. The van der Waals surface area contributed by atoms with Crippen molar-refractivity contribution in [2.45, 2.75) is 27.3 Å². The fourth-order valence-electron chi connectivity index (χ4n) is 0.980. The smallest absolute Gasteiger partial charge is 0.124 e. The number of nitrogens with zero attached hydrogens (tertiary/aromatic N) is 2. The minimum absolute atomic E-state index is 0. The Morgan fingerprint density at radius 1 is 1.58 bits per heavy atom. The van der Waals surface area contributed by atoms with Gasteiger partial charge in [-0.2, -0.15) is 5.10 Å². The van der Waals surface area contributed by atoms with Crippen LogP contribution in [0.5, 0.6) is 0 Å². The molecule has 0 spiro atoms. The summed E-state index contributed by atoms with van der Waals surface area (Å²) in [5.41, 5.74) is 6.81. The van der Waals surface area contributed by atoms with E-state index in [1.165, 1.54) is 0 Å². The van der Waals surface area contributed by atoms with Crippen LogP contribution >= 0.6 is 12.4 Å². The van der Waals surface area contributed by atoms with Gasteiger partial charge < -0.3 is 5.73 Å². The lowest BCUT2D eigenvalue weighted by molar-refractivity contribution is 0.488. The summed E-state index contributed by atoms with van der Waals surface area (Å²) < 4.78 is 1.85. The van der Waals surface area contributed by atoms with E-state index in [4.69, 9.17) is 5.73 Å². The summed E-state index contributed by atoms with van der Waals surface area (Å²) in [5.74, 6) is 1.38. The number of nitrogen functional groups attached to an aromatic ring is 1. The molecule has 0 bridgehead atoms. The van der Waals surface area contributed by atoms with E-state index in [2.05, 4.69) is 18.9 Å². The van der Waals surface area contributed by atoms with Gasteiger partial charge in [0.1, 0.15) is 5.82 Å². The highest BCUT2D eigenvalue weighted by Gasteiger charge is 2.03. The Kier molecular flexibility index (Phi) is 4.10. The fourth-order valence-corrected chi connectivity index (χ4v) is 0.980. The van der Waals surface area contributed by atoms with E-state index >= 15 is 0 Å². The van der Waals surface area contributed by atoms with Crippen molar-refractivity contribution in [3.05, 3.63) is 11.8 Å². The summed E-state index contributed by atoms with van der Waals surface area (Å²) in [5, 5.41) is 4.15. The molecule has 0 saturated carbocycles. The van der Waals surface area contributed by atoms with Gasteiger partial charge in [-0.3, -0.25) is 0 Å². The molecule has 4 heteroatoms. The molecule has 0 atom stereocenters. The van der Waals surface area contributed by atoms with Gasteiger partial charge in [0.25, 0.3) is 0 Å². The molecule has 0 fully saturated rings. The zero-order valence-corrected chi connectivity index (χ0v) is 8.56. The first-order valence-corrected chi connectivity index (χ1v) is 3.89. The Bertz CT molecular complexity index is 242. The predicted molar refractivity (Wildman–Crippen MR) is 53.5 cm³/mol. The first-order chi connectivity index (χ1) is 5.11. The fraction of sp³-hybridized carbons (Fsp3) is 0.625. The number of aryl methyl sites for hydroxylation is 1. The average molecular weight is 190 g/mol. The predicted octanol–water partition coefficient (Wildman–Crippen LogP) is 1.85. The van der Waals surface area contributed by atoms with Crippen molar-refractivity contribution < 1.29 is 0 Å². The van der Waals surface area contributed by atoms with Crippen molar-refractivity contribution in [3.8, 4) is 0 Å². The largest absolute Gasteiger partial charge is 0.384 e. The maximum Gasteiger partial charge on any atom is 0.124 e. The number of hydrogen-bond donors (Lipinski definition) is 1. The zero-order chi connectivity index (χ0) is 8.43. The Labute approximate surface area is 79.4 Å². The summed E-state index contributed by atoms with van der Waals surface area (Å²) in [4.78, 5) is 0. The maximum atomic E-state index is 5.75. The summed E-state index contributed by atoms with van der Waals surface area (Å²) in [6, 6.07) is 0. The molecular weight excluding hydrogens is 174 g/mol. The molecule has 0 aliphatic rings. The van der Waals surface area contributed by atoms with Crippen LogP contribution in [0.15, 0.2) is 6.20 Å². The average Bonchev–Trinajstić information content (AvgIpc) is 2.18. The lowest BCUT2D eigenvalue weighted by Crippen LogP contribution is -2.09. The second-order valence-corrected chi connectivity index (χ2v) is 3.29. The van der Waals surface area contributed by atoms with Gasteiger partial charge in [-0.05, 0) is 12.8 Å². The minimum Gasteiger partial charge on any atom is -0.384 e. The van der Waals surface area contributed by atoms with Crippen LogP contribution in [0.1, 0.15) is 19.4 Å². The molecule has 2 N–H and O–H groups in total. The van der Waals surface area contributed by atoms with Gasteiger partial charge in [0.2, 0.25) is 0 Å². The van der Waals surface area contributed by atoms with Crippen molar-refractivity contribution in [2.75, 3.05) is 5.73 Å². The molecule has 0 aliphatic carbocycles. The first-order valence-electron chi connectivity index (χ1n) is 3.89. The molecule has 12 heavy (non-hydrogen) atoms. The molecule has 0 radical (unpaired) electrons. The molecule has 0 amide bonds. The number of nitrogens with two attached hydrogens (primary N) is 1. The maximum absolute atomic E-state index is 5.75. The van der Waals surface area contributed by atoms with Crippen molar-refractivity contribution in [1.82, 2.24) is 9.78 Å². The molecule has 0 saturated heterocycles. The van der Waals surface area contributed by atoms with Crippen molar-refractivity contribution in [3.63, 3.8) is 0 Å². The monoisotopic (exact) mass is 189 g/mol. The number of aromatic nitrogens is 2. The summed E-state index contributed by atoms with van der Waals surface area (Å²) in [6.45, 7) is 7.17. The Balaban J connectivity index is 0.00000121. The third-order valence-corrected chi connectivity index (χ3v) is 1.61. The van der Waals surface area contributed by atoms with Gasteiger partial charge in [0.05, 0.1) is 6.20 Å². The molecule has 1 aromatic rings. The van der Waals surface area contributed by atoms with Crippen LogP contribution in [0.3, 0.4) is 0 Å². The highest BCUT2D eigenvalue weighted by Crippen LogP contribution is 2.10. The van der Waals surface area contributed by atoms with Crippen molar-refractivity contribution in [2.24, 2.45) is 5.92 Å². The molecule has 1 heterocycles. The SMILES string of the molecule is Cc1cnn(CC(C)C)c1N.Cl. The Hall–Kier alpha value is -0.700. The van der Waals surface area contributed by atoms with E-state index in [9.17, 15) is 0 Å². The quantitative estimate of drug-likeness (QED) is 0.772. The lowest BCUT2D eigenvalue weighted by atomic mass is 10.2. The van der Waals surface area contributed by atoms with Crippen LogP contribution in [-0.4, -0.2) is 9.78 Å². The molecule has 0 aliphatic heterocycles. The summed E-state index contributed by atoms with van der Waals surface area (Å²) >= 11 is 0. The van der Waals surface area contributed by atoms with E-state index in [-0.39, 0.29) is 12.4 Å². The van der Waals surface area contributed by atoms with Gasteiger partial charge in [-0.25, -0.2) is 4.68 Å². The number of anilines is 1. The minimum atomic E-state index is 0. The molecule has 70 valence electrons. The van der Waals surface area contributed by atoms with Crippen LogP contribution < -0.4 is 5.73 Å². The van der Waals surface area contributed by atoms with Crippen LogP contribution in [0.2, 0.25) is 0 Å². The molecule has 0 aromatic carbocycles. The standard InChI is InChI=1S/C8H15N3.ClH/c1-6(2)5-11-8(9)7(3)4-10-11;/h4,6H,5,9H2,1-3H3;1H. The van der Waals surface area contributed by atoms with Crippen LogP contribution in [-0.2, 0) is 6.54 Å². The normalized spacial score (nSPS) is 10.0. The Morgan fingerprint density at radius 2 is 2.17 bits per heavy atom. The van der Waals surface area contributed by atoms with Crippen LogP contribution in [0, 0.1) is 12.8 Å². The van der Waals surface area contributed by atoms with Crippen LogP contribution in [0.4, 0.5) is 5.82 Å². The molecular formula is C8H16ClN3. The van der Waals surface area contributed by atoms with E-state index in [1.54, 1.807) is 6.20 Å². The van der Waals surface area contributed by atoms with E-state index in [0.717, 1.165) is 17.9 Å². The molecule has 1 aromatic heterocycles. The Morgan fingerprint density at radius 3 is 2.50 bits per heavy atom. The topological polar surface area (TPSA) is 43.8 Å². The lowest BCUT2D eigenvalue weighted by Gasteiger charge is -2.06. The van der Waals surface area contributed by atoms with E-state index < -0.39 is 0 Å². The highest BCUT2D eigenvalue weighted by atomic mass is 35.5. The van der Waals surface area contributed by atoms with Gasteiger partial charge in [0.15, 0.2) is 0 Å². The second-order valence-electron chi connectivity index (χ2n) is 3.29. The molecule has 0 unspecified atom stereocenters. The summed E-state index contributed by atoms with van der Waals surface area (Å²) in [7, 11) is 0. The van der Waals surface area contributed by atoms with Gasteiger partial charge in [-0.1, -0.05) is 13.8 Å². The highest BCUT2D eigenvalue weighted by molar-refractivity contribution is 5.85. The van der Waals surface area contributed by atoms with Gasteiger partial charge >= 0.3 is 0 Å². The third kappa shape index (κ3) is 2.41. The van der Waals surface area contributed by atoms with E-state index in [0.29, 0.717) is 5.92 Å². The number of rotatable bonds is 2. The van der Waals surface area contributed by atoms with E-state index in [1.807, 2.05) is 11.6 Å². The first kappa shape index (κ1) is 11.3. The van der Waals surface area contributed by atoms with Crippen molar-refractivity contribution >= 4 is 18.2 Å². The number of hydrogen-bond acceptors (Lipinski definition) is 2. The van der Waals surface area contributed by atoms with Crippen LogP contribution in [0.25, 0.3) is 0 Å². The van der Waals surface area contributed by atoms with Gasteiger partial charge in [0, 0.05) is 12.1 Å². The van der Waals surface area contributed by atoms with Gasteiger partial charge in [-0.15, -0.1) is 12.4 Å². The van der Waals surface area contributed by atoms with Crippen molar-refractivity contribution in [1.29, 1.82) is 0 Å². The molecule has 3 nitrogen and oxygen atoms in total. The third-order valence-electron chi connectivity index (χ3n) is 1.61. The molecule has 1 rings (SSSR count). The second kappa shape index (κ2) is 4.36. The number of halogens is 1. The zero-order valence-electron chi connectivity index (χ0n) is 7.74.